The van der Waals surface area contributed by atoms with Crippen LogP contribution >= 0.6 is 0 Å². The highest BCUT2D eigenvalue weighted by atomic mass is 15.0. The molecule has 0 unspecified atom stereocenters. The lowest BCUT2D eigenvalue weighted by molar-refractivity contribution is 1.18. The van der Waals surface area contributed by atoms with Crippen molar-refractivity contribution in [2.24, 2.45) is 0 Å². The maximum atomic E-state index is 7.30. The summed E-state index contributed by atoms with van der Waals surface area (Å²) in [5.41, 5.74) is 12.8. The van der Waals surface area contributed by atoms with Crippen LogP contribution in [0.15, 0.2) is 152 Å². The molecule has 0 aliphatic rings. The number of rotatable bonds is 5. The number of para-hydroxylation sites is 1. The zero-order valence-corrected chi connectivity index (χ0v) is 30.9. The van der Waals surface area contributed by atoms with E-state index in [2.05, 4.69) is 95.6 Å². The molecule has 2 heterocycles. The van der Waals surface area contributed by atoms with Gasteiger partial charge in [-0.1, -0.05) is 137 Å². The van der Waals surface area contributed by atoms with Gasteiger partial charge in [-0.05, 0) is 81.2 Å². The van der Waals surface area contributed by atoms with E-state index in [0.29, 0.717) is 43.8 Å². The molecule has 0 aliphatic carbocycles. The van der Waals surface area contributed by atoms with Gasteiger partial charge >= 0.3 is 0 Å². The van der Waals surface area contributed by atoms with E-state index in [4.69, 9.17) is 54.9 Å². The molecule has 0 N–H and O–H groups in total. The molecule has 248 valence electrons. The Kier molecular flexibility index (Phi) is 8.34. The van der Waals surface area contributed by atoms with Crippen LogP contribution < -0.4 is 38.2 Å². The Bertz CT molecular complexity index is 3230. The first-order chi connectivity index (χ1) is 27.7. The van der Waals surface area contributed by atoms with Gasteiger partial charge in [0.05, 0.1) is 11.0 Å². The Morgan fingerprint density at radius 3 is 1.44 bits per heavy atom. The molecule has 2 nitrogen and oxygen atoms in total. The maximum absolute atomic E-state index is 7.30. The molecule has 2 aromatic heterocycles. The molecule has 8 aromatic carbocycles. The fourth-order valence-corrected chi connectivity index (χ4v) is 8.54. The highest BCUT2D eigenvalue weighted by molar-refractivity contribution is 6.69. The van der Waals surface area contributed by atoms with Crippen LogP contribution in [0.1, 0.15) is 0 Å². The third-order valence-electron chi connectivity index (χ3n) is 11.3. The lowest BCUT2D eigenvalue weighted by atomic mass is 9.64. The summed E-state index contributed by atoms with van der Waals surface area (Å²) in [4.78, 5) is 0. The molecule has 0 aliphatic heterocycles. The highest BCUT2D eigenvalue weighted by Crippen LogP contribution is 2.37. The van der Waals surface area contributed by atoms with E-state index < -0.39 is 0 Å². The molecule has 14 radical (unpaired) electrons. The second kappa shape index (κ2) is 13.5. The van der Waals surface area contributed by atoms with Gasteiger partial charge in [-0.3, -0.25) is 0 Å². The van der Waals surface area contributed by atoms with Crippen molar-refractivity contribution in [3.8, 4) is 44.8 Å². The van der Waals surface area contributed by atoms with Crippen LogP contribution in [0.5, 0.6) is 0 Å². The summed E-state index contributed by atoms with van der Waals surface area (Å²) >= 11 is 0. The third kappa shape index (κ3) is 5.36. The van der Waals surface area contributed by atoms with E-state index in [1.807, 2.05) is 65.2 Å². The Balaban J connectivity index is 1.24. The Hall–Kier alpha value is -6.19. The van der Waals surface area contributed by atoms with Crippen LogP contribution in [0.2, 0.25) is 0 Å². The first kappa shape index (κ1) is 35.2. The van der Waals surface area contributed by atoms with E-state index >= 15 is 0 Å². The van der Waals surface area contributed by atoms with Gasteiger partial charge in [0.2, 0.25) is 0 Å². The predicted molar refractivity (Wildman–Crippen MR) is 249 cm³/mol. The van der Waals surface area contributed by atoms with Crippen LogP contribution in [0.25, 0.3) is 88.4 Å². The van der Waals surface area contributed by atoms with Gasteiger partial charge in [0.25, 0.3) is 0 Å². The number of hydrogen-bond donors (Lipinski definition) is 0. The minimum Gasteiger partial charge on any atom is -0.311 e. The van der Waals surface area contributed by atoms with Gasteiger partial charge in [0.15, 0.2) is 0 Å². The van der Waals surface area contributed by atoms with Crippen LogP contribution in [0.4, 0.5) is 0 Å². The van der Waals surface area contributed by atoms with Crippen LogP contribution in [-0.4, -0.2) is 64.1 Å². The smallest absolute Gasteiger partial charge is 0.115 e. The number of nitrogens with zero attached hydrogens (tertiary/aromatic N) is 2. The third-order valence-corrected chi connectivity index (χ3v) is 11.3. The molecule has 10 aromatic rings. The summed E-state index contributed by atoms with van der Waals surface area (Å²) in [6.07, 6.45) is 0. The maximum Gasteiger partial charge on any atom is 0.115 e. The minimum absolute atomic E-state index is 0.180. The molecule has 0 fully saturated rings. The van der Waals surface area contributed by atoms with Gasteiger partial charge in [0, 0.05) is 38.6 Å². The van der Waals surface area contributed by atoms with Crippen molar-refractivity contribution in [2.75, 3.05) is 0 Å². The lowest BCUT2D eigenvalue weighted by Crippen LogP contribution is -2.48. The molecule has 10 rings (SSSR count). The average Bonchev–Trinajstić information content (AvgIpc) is 3.79. The molecule has 57 heavy (non-hydrogen) atoms. The van der Waals surface area contributed by atoms with Gasteiger partial charge < -0.3 is 9.13 Å². The quantitative estimate of drug-likeness (QED) is 0.235. The monoisotopic (exact) mass is 706 g/mol. The van der Waals surface area contributed by atoms with E-state index in [-0.39, 0.29) is 21.9 Å². The standard InChI is InChI=1S/C48H25B7N2/c49-40-37(30-19-23-35-34(24-30)33-22-18-29(27-12-6-2-7-13-27)25-36(33)56(35)31-14-8-3-9-15-31)41(50)45(54)47-38(40)39-42(51)43(52)44(53)46(55)48(39)57(47)32-20-16-28(17-21-32)26-10-4-1-5-11-26/h1-25H. The average molecular weight is 705 g/mol. The van der Waals surface area contributed by atoms with E-state index in [0.717, 1.165) is 61.0 Å². The van der Waals surface area contributed by atoms with Crippen molar-refractivity contribution >= 4 is 137 Å². The largest absolute Gasteiger partial charge is 0.311 e. The van der Waals surface area contributed by atoms with Crippen molar-refractivity contribution < 1.29 is 0 Å². The Morgan fingerprint density at radius 1 is 0.298 bits per heavy atom. The van der Waals surface area contributed by atoms with Crippen LogP contribution in [0, 0.1) is 0 Å². The molecule has 0 saturated heterocycles. The van der Waals surface area contributed by atoms with Crippen molar-refractivity contribution in [1.82, 2.24) is 9.13 Å². The summed E-state index contributed by atoms with van der Waals surface area (Å²) in [6, 6.07) is 51.9. The predicted octanol–water partition coefficient (Wildman–Crippen LogP) is 4.44. The van der Waals surface area contributed by atoms with Gasteiger partial charge in [0.1, 0.15) is 54.9 Å². The summed E-state index contributed by atoms with van der Waals surface area (Å²) in [6.45, 7) is 0. The zero-order valence-electron chi connectivity index (χ0n) is 30.9. The first-order valence-corrected chi connectivity index (χ1v) is 18.6. The van der Waals surface area contributed by atoms with Crippen molar-refractivity contribution in [1.29, 1.82) is 0 Å². The molecular formula is C48H25B7N2. The fourth-order valence-electron chi connectivity index (χ4n) is 8.54. The van der Waals surface area contributed by atoms with Gasteiger partial charge in [-0.15, -0.1) is 10.9 Å². The number of benzene rings is 8. The SMILES string of the molecule is [B]c1c([B])c([B])c2c(c1[B])c1c([B])c(-c3ccc4c(c3)c3ccc(-c5ccccc5)cc3n4-c3ccccc3)c([B])c([B])c1n2-c1ccc(-c2ccccc2)cc1. The van der Waals surface area contributed by atoms with E-state index in [1.54, 1.807) is 0 Å². The summed E-state index contributed by atoms with van der Waals surface area (Å²) < 4.78 is 4.23. The Morgan fingerprint density at radius 2 is 0.789 bits per heavy atom. The molecule has 0 amide bonds. The summed E-state index contributed by atoms with van der Waals surface area (Å²) in [5, 5.41) is 3.26. The topological polar surface area (TPSA) is 9.86 Å². The highest BCUT2D eigenvalue weighted by Gasteiger charge is 2.25. The number of fused-ring (bicyclic) bond motifs is 6. The molecular weight excluding hydrogens is 680 g/mol. The van der Waals surface area contributed by atoms with E-state index in [9.17, 15) is 0 Å². The van der Waals surface area contributed by atoms with Crippen molar-refractivity contribution in [3.05, 3.63) is 152 Å². The van der Waals surface area contributed by atoms with Crippen molar-refractivity contribution in [2.45, 2.75) is 0 Å². The van der Waals surface area contributed by atoms with Crippen LogP contribution in [-0.2, 0) is 0 Å². The Labute approximate surface area is 340 Å². The first-order valence-electron chi connectivity index (χ1n) is 18.6. The second-order valence-corrected chi connectivity index (χ2v) is 14.5. The molecule has 0 atom stereocenters. The molecule has 9 heteroatoms. The fraction of sp³-hybridized carbons (Fsp3) is 0. The molecule has 0 bridgehead atoms. The van der Waals surface area contributed by atoms with E-state index in [1.165, 1.54) is 0 Å². The zero-order chi connectivity index (χ0) is 39.1. The summed E-state index contributed by atoms with van der Waals surface area (Å²) in [7, 11) is 48.2. The van der Waals surface area contributed by atoms with Crippen LogP contribution in [0.3, 0.4) is 0 Å². The normalized spacial score (nSPS) is 11.6. The minimum atomic E-state index is 0.180. The lowest BCUT2D eigenvalue weighted by Gasteiger charge is -2.19. The van der Waals surface area contributed by atoms with Crippen molar-refractivity contribution in [3.63, 3.8) is 0 Å². The molecule has 0 saturated carbocycles. The van der Waals surface area contributed by atoms with Gasteiger partial charge in [-0.25, -0.2) is 0 Å². The summed E-state index contributed by atoms with van der Waals surface area (Å²) in [5.74, 6) is 0. The number of hydrogen-bond acceptors (Lipinski definition) is 0. The molecule has 0 spiro atoms. The second-order valence-electron chi connectivity index (χ2n) is 14.5. The number of aromatic nitrogens is 2. The van der Waals surface area contributed by atoms with Gasteiger partial charge in [-0.2, -0.15) is 0 Å².